The molecule has 0 fully saturated rings. The van der Waals surface area contributed by atoms with Crippen LogP contribution in [0.15, 0.2) is 36.7 Å². The number of anilines is 1. The van der Waals surface area contributed by atoms with Gasteiger partial charge in [0.1, 0.15) is 6.61 Å². The first kappa shape index (κ1) is 13.5. The number of hydrogen-bond acceptors (Lipinski definition) is 3. The molecule has 0 aliphatic rings. The molecule has 0 unspecified atom stereocenters. The zero-order valence-electron chi connectivity index (χ0n) is 11.6. The highest BCUT2D eigenvalue weighted by atomic mass is 16.5. The maximum atomic E-state index is 5.63. The van der Waals surface area contributed by atoms with E-state index in [0.29, 0.717) is 6.61 Å². The number of aryl methyl sites for hydroxylation is 2. The number of ether oxygens (including phenoxy) is 1. The van der Waals surface area contributed by atoms with Crippen molar-refractivity contribution in [1.82, 2.24) is 9.78 Å². The van der Waals surface area contributed by atoms with Crippen LogP contribution in [-0.4, -0.2) is 22.9 Å². The average Bonchev–Trinajstić information content (AvgIpc) is 2.85. The summed E-state index contributed by atoms with van der Waals surface area (Å²) in [5.41, 5.74) is 2.39. The SMILES string of the molecule is CCCn1cc(OCCNc2ccc(C)cc2)cn1. The summed E-state index contributed by atoms with van der Waals surface area (Å²) in [6.45, 7) is 6.56. The smallest absolute Gasteiger partial charge is 0.157 e. The Balaban J connectivity index is 1.69. The molecule has 0 radical (unpaired) electrons. The molecule has 102 valence electrons. The molecule has 0 saturated heterocycles. The molecule has 0 bridgehead atoms. The largest absolute Gasteiger partial charge is 0.488 e. The molecule has 1 aromatic heterocycles. The first-order valence-electron chi connectivity index (χ1n) is 6.73. The molecule has 1 heterocycles. The lowest BCUT2D eigenvalue weighted by atomic mass is 10.2. The number of rotatable bonds is 7. The minimum absolute atomic E-state index is 0.631. The second kappa shape index (κ2) is 6.83. The van der Waals surface area contributed by atoms with Crippen LogP contribution in [0.3, 0.4) is 0 Å². The van der Waals surface area contributed by atoms with E-state index in [2.05, 4.69) is 48.5 Å². The van der Waals surface area contributed by atoms with Gasteiger partial charge < -0.3 is 10.1 Å². The Labute approximate surface area is 114 Å². The first-order valence-corrected chi connectivity index (χ1v) is 6.73. The van der Waals surface area contributed by atoms with Crippen molar-refractivity contribution in [2.75, 3.05) is 18.5 Å². The third-order valence-electron chi connectivity index (χ3n) is 2.81. The van der Waals surface area contributed by atoms with Crippen LogP contribution in [0.1, 0.15) is 18.9 Å². The maximum absolute atomic E-state index is 5.63. The number of hydrogen-bond donors (Lipinski definition) is 1. The summed E-state index contributed by atoms with van der Waals surface area (Å²) in [5.74, 6) is 0.833. The third-order valence-corrected chi connectivity index (χ3v) is 2.81. The van der Waals surface area contributed by atoms with Crippen LogP contribution >= 0.6 is 0 Å². The van der Waals surface area contributed by atoms with Crippen LogP contribution in [0.25, 0.3) is 0 Å². The molecule has 19 heavy (non-hydrogen) atoms. The van der Waals surface area contributed by atoms with E-state index in [1.165, 1.54) is 5.56 Å². The van der Waals surface area contributed by atoms with Crippen molar-refractivity contribution < 1.29 is 4.74 Å². The highest BCUT2D eigenvalue weighted by Gasteiger charge is 1.98. The Bertz CT molecular complexity index is 490. The van der Waals surface area contributed by atoms with E-state index >= 15 is 0 Å². The van der Waals surface area contributed by atoms with Gasteiger partial charge in [0.25, 0.3) is 0 Å². The van der Waals surface area contributed by atoms with Crippen molar-refractivity contribution in [1.29, 1.82) is 0 Å². The van der Waals surface area contributed by atoms with Crippen molar-refractivity contribution in [3.8, 4) is 5.75 Å². The van der Waals surface area contributed by atoms with Gasteiger partial charge in [-0.15, -0.1) is 0 Å². The predicted molar refractivity (Wildman–Crippen MR) is 77.7 cm³/mol. The lowest BCUT2D eigenvalue weighted by Gasteiger charge is -2.07. The van der Waals surface area contributed by atoms with Crippen molar-refractivity contribution >= 4 is 5.69 Å². The molecule has 0 atom stereocenters. The number of aromatic nitrogens is 2. The highest BCUT2D eigenvalue weighted by molar-refractivity contribution is 5.44. The lowest BCUT2D eigenvalue weighted by Crippen LogP contribution is -2.11. The van der Waals surface area contributed by atoms with Crippen LogP contribution in [0.5, 0.6) is 5.75 Å². The van der Waals surface area contributed by atoms with E-state index in [9.17, 15) is 0 Å². The number of nitrogens with one attached hydrogen (secondary N) is 1. The molecule has 0 aliphatic heterocycles. The fourth-order valence-electron chi connectivity index (χ4n) is 1.81. The summed E-state index contributed by atoms with van der Waals surface area (Å²) >= 11 is 0. The van der Waals surface area contributed by atoms with E-state index in [4.69, 9.17) is 4.74 Å². The van der Waals surface area contributed by atoms with Crippen molar-refractivity contribution in [2.24, 2.45) is 0 Å². The van der Waals surface area contributed by atoms with Crippen LogP contribution < -0.4 is 10.1 Å². The van der Waals surface area contributed by atoms with Gasteiger partial charge in [-0.3, -0.25) is 4.68 Å². The second-order valence-electron chi connectivity index (χ2n) is 4.58. The van der Waals surface area contributed by atoms with Crippen molar-refractivity contribution in [3.63, 3.8) is 0 Å². The topological polar surface area (TPSA) is 39.1 Å². The van der Waals surface area contributed by atoms with Gasteiger partial charge in [0, 0.05) is 18.8 Å². The normalized spacial score (nSPS) is 10.4. The van der Waals surface area contributed by atoms with E-state index in [1.54, 1.807) is 6.20 Å². The first-order chi connectivity index (χ1) is 9.28. The van der Waals surface area contributed by atoms with Gasteiger partial charge in [-0.25, -0.2) is 0 Å². The van der Waals surface area contributed by atoms with Gasteiger partial charge in [-0.05, 0) is 25.5 Å². The molecule has 0 amide bonds. The van der Waals surface area contributed by atoms with Crippen LogP contribution in [0.4, 0.5) is 5.69 Å². The van der Waals surface area contributed by atoms with E-state index in [-0.39, 0.29) is 0 Å². The molecule has 0 aliphatic carbocycles. The van der Waals surface area contributed by atoms with Gasteiger partial charge in [-0.1, -0.05) is 24.6 Å². The van der Waals surface area contributed by atoms with Gasteiger partial charge in [0.15, 0.2) is 5.75 Å². The number of nitrogens with zero attached hydrogens (tertiary/aromatic N) is 2. The summed E-state index contributed by atoms with van der Waals surface area (Å²) in [7, 11) is 0. The van der Waals surface area contributed by atoms with Crippen LogP contribution in [0, 0.1) is 6.92 Å². The summed E-state index contributed by atoms with van der Waals surface area (Å²) in [4.78, 5) is 0. The minimum atomic E-state index is 0.631. The fourth-order valence-corrected chi connectivity index (χ4v) is 1.81. The van der Waals surface area contributed by atoms with E-state index < -0.39 is 0 Å². The molecule has 0 saturated carbocycles. The average molecular weight is 259 g/mol. The van der Waals surface area contributed by atoms with Gasteiger partial charge in [0.2, 0.25) is 0 Å². The zero-order chi connectivity index (χ0) is 13.5. The van der Waals surface area contributed by atoms with Crippen molar-refractivity contribution in [2.45, 2.75) is 26.8 Å². The molecule has 4 heteroatoms. The molecule has 1 N–H and O–H groups in total. The van der Waals surface area contributed by atoms with Gasteiger partial charge in [0.05, 0.1) is 12.4 Å². The Morgan fingerprint density at radius 1 is 1.26 bits per heavy atom. The minimum Gasteiger partial charge on any atom is -0.488 e. The van der Waals surface area contributed by atoms with Gasteiger partial charge >= 0.3 is 0 Å². The predicted octanol–water partition coefficient (Wildman–Crippen LogP) is 3.09. The molecule has 0 spiro atoms. The lowest BCUT2D eigenvalue weighted by molar-refractivity contribution is 0.332. The Morgan fingerprint density at radius 3 is 2.79 bits per heavy atom. The monoisotopic (exact) mass is 259 g/mol. The summed E-state index contributed by atoms with van der Waals surface area (Å²) < 4.78 is 7.54. The Kier molecular flexibility index (Phi) is 4.84. The summed E-state index contributed by atoms with van der Waals surface area (Å²) in [6, 6.07) is 8.35. The Hall–Kier alpha value is -1.97. The third kappa shape index (κ3) is 4.32. The van der Waals surface area contributed by atoms with Crippen LogP contribution in [0.2, 0.25) is 0 Å². The fraction of sp³-hybridized carbons (Fsp3) is 0.400. The summed E-state index contributed by atoms with van der Waals surface area (Å²) in [5, 5.41) is 7.55. The van der Waals surface area contributed by atoms with Gasteiger partial charge in [-0.2, -0.15) is 5.10 Å². The molecule has 2 rings (SSSR count). The molecule has 4 nitrogen and oxygen atoms in total. The maximum Gasteiger partial charge on any atom is 0.157 e. The molecule has 1 aromatic carbocycles. The molecular weight excluding hydrogens is 238 g/mol. The van der Waals surface area contributed by atoms with E-state index in [1.807, 2.05) is 10.9 Å². The quantitative estimate of drug-likeness (QED) is 0.777. The highest BCUT2D eigenvalue weighted by Crippen LogP contribution is 2.10. The molecule has 2 aromatic rings. The standard InChI is InChI=1S/C15H21N3O/c1-3-9-18-12-15(11-17-18)19-10-8-16-14-6-4-13(2)5-7-14/h4-7,11-12,16H,3,8-10H2,1-2H3. The van der Waals surface area contributed by atoms with E-state index in [0.717, 1.165) is 30.9 Å². The van der Waals surface area contributed by atoms with Crippen molar-refractivity contribution in [3.05, 3.63) is 42.2 Å². The summed E-state index contributed by atoms with van der Waals surface area (Å²) in [6.07, 6.45) is 4.78. The second-order valence-corrected chi connectivity index (χ2v) is 4.58. The molecular formula is C15H21N3O. The number of benzene rings is 1. The zero-order valence-corrected chi connectivity index (χ0v) is 11.6. The van der Waals surface area contributed by atoms with Crippen LogP contribution in [-0.2, 0) is 6.54 Å². The Morgan fingerprint density at radius 2 is 2.05 bits per heavy atom.